The first kappa shape index (κ1) is 22.6. The Balaban J connectivity index is 2.01. The molecular formula is C20H33N3O4S. The van der Waals surface area contributed by atoms with E-state index in [0.717, 1.165) is 13.1 Å². The molecule has 1 aliphatic rings. The largest absolute Gasteiger partial charge is 0.443 e. The smallest absolute Gasteiger partial charge is 0.415 e. The lowest BCUT2D eigenvalue weighted by Gasteiger charge is -2.41. The molecule has 1 N–H and O–H groups in total. The van der Waals surface area contributed by atoms with Crippen molar-refractivity contribution in [1.29, 1.82) is 0 Å². The second-order valence-electron chi connectivity index (χ2n) is 9.07. The van der Waals surface area contributed by atoms with Gasteiger partial charge in [0.15, 0.2) is 0 Å². The summed E-state index contributed by atoms with van der Waals surface area (Å²) in [5, 5.41) is 10.7. The summed E-state index contributed by atoms with van der Waals surface area (Å²) >= 11 is 1.29. The van der Waals surface area contributed by atoms with Crippen molar-refractivity contribution in [2.45, 2.75) is 58.8 Å². The maximum absolute atomic E-state index is 13.0. The molecule has 1 aromatic heterocycles. The van der Waals surface area contributed by atoms with E-state index in [4.69, 9.17) is 4.74 Å². The number of thiophene rings is 1. The lowest BCUT2D eigenvalue weighted by atomic mass is 10.1. The summed E-state index contributed by atoms with van der Waals surface area (Å²) in [7, 11) is 1.65. The van der Waals surface area contributed by atoms with Crippen LogP contribution < -0.4 is 4.90 Å². The van der Waals surface area contributed by atoms with Gasteiger partial charge >= 0.3 is 6.09 Å². The molecule has 8 heteroatoms. The van der Waals surface area contributed by atoms with E-state index < -0.39 is 17.3 Å². The second-order valence-corrected chi connectivity index (χ2v) is 10.1. The van der Waals surface area contributed by atoms with Gasteiger partial charge < -0.3 is 14.7 Å². The summed E-state index contributed by atoms with van der Waals surface area (Å²) in [6.07, 6.45) is -0.443. The van der Waals surface area contributed by atoms with E-state index in [9.17, 15) is 14.7 Å². The number of hydrogen-bond donors (Lipinski definition) is 1. The van der Waals surface area contributed by atoms with Gasteiger partial charge in [0.2, 0.25) is 0 Å². The molecule has 0 radical (unpaired) electrons. The number of amides is 2. The number of β-amino-alcohol motifs (C(OH)–C–C–N with tert-alkyl or cyclic N) is 1. The van der Waals surface area contributed by atoms with Crippen molar-refractivity contribution in [1.82, 2.24) is 9.80 Å². The molecule has 1 aromatic rings. The van der Waals surface area contributed by atoms with Gasteiger partial charge in [-0.15, -0.1) is 11.3 Å². The van der Waals surface area contributed by atoms with E-state index >= 15 is 0 Å². The normalized spacial score (nSPS) is 18.9. The Labute approximate surface area is 171 Å². The monoisotopic (exact) mass is 411 g/mol. The number of ether oxygens (including phenoxy) is 1. The Hall–Kier alpha value is -1.64. The number of nitrogens with zero attached hydrogens (tertiary/aromatic N) is 3. The SMILES string of the molecule is CC1CN(CC(C)(C)O)CCN1C(=O)c1ccc(N(C)C(=O)OC(C)(C)C)s1. The summed E-state index contributed by atoms with van der Waals surface area (Å²) in [4.78, 5) is 31.3. The van der Waals surface area contributed by atoms with Crippen LogP contribution in [0.15, 0.2) is 12.1 Å². The van der Waals surface area contributed by atoms with Crippen molar-refractivity contribution < 1.29 is 19.4 Å². The highest BCUT2D eigenvalue weighted by atomic mass is 32.1. The van der Waals surface area contributed by atoms with Crippen LogP contribution in [0.1, 0.15) is 51.2 Å². The molecule has 1 saturated heterocycles. The third-order valence-corrected chi connectivity index (χ3v) is 5.53. The maximum Gasteiger partial charge on any atom is 0.415 e. The average molecular weight is 412 g/mol. The zero-order valence-electron chi connectivity index (χ0n) is 18.0. The molecule has 158 valence electrons. The molecule has 0 bridgehead atoms. The molecule has 0 spiro atoms. The fourth-order valence-electron chi connectivity index (χ4n) is 3.21. The van der Waals surface area contributed by atoms with E-state index in [0.29, 0.717) is 23.0 Å². The van der Waals surface area contributed by atoms with Gasteiger partial charge in [0.05, 0.1) is 10.5 Å². The molecule has 2 heterocycles. The topological polar surface area (TPSA) is 73.3 Å². The van der Waals surface area contributed by atoms with E-state index in [2.05, 4.69) is 4.90 Å². The van der Waals surface area contributed by atoms with Crippen molar-refractivity contribution in [3.8, 4) is 0 Å². The lowest BCUT2D eigenvalue weighted by molar-refractivity contribution is 0.00590. The molecule has 2 rings (SSSR count). The molecule has 0 aliphatic carbocycles. The molecule has 1 atom stereocenters. The zero-order valence-corrected chi connectivity index (χ0v) is 18.8. The van der Waals surface area contributed by atoms with Gasteiger partial charge in [0, 0.05) is 39.3 Å². The van der Waals surface area contributed by atoms with E-state index in [-0.39, 0.29) is 11.9 Å². The van der Waals surface area contributed by atoms with Gasteiger partial charge in [-0.3, -0.25) is 14.6 Å². The minimum atomic E-state index is -0.749. The number of aliphatic hydroxyl groups is 1. The van der Waals surface area contributed by atoms with E-state index in [1.165, 1.54) is 16.2 Å². The molecule has 7 nitrogen and oxygen atoms in total. The van der Waals surface area contributed by atoms with Gasteiger partial charge in [0.25, 0.3) is 5.91 Å². The molecule has 2 amide bonds. The molecule has 0 saturated carbocycles. The van der Waals surface area contributed by atoms with Gasteiger partial charge in [0.1, 0.15) is 10.6 Å². The van der Waals surface area contributed by atoms with E-state index in [1.54, 1.807) is 33.0 Å². The number of anilines is 1. The number of carbonyl (C=O) groups excluding carboxylic acids is 2. The molecule has 28 heavy (non-hydrogen) atoms. The second kappa shape index (κ2) is 8.39. The lowest BCUT2D eigenvalue weighted by Crippen LogP contribution is -2.56. The quantitative estimate of drug-likeness (QED) is 0.824. The van der Waals surface area contributed by atoms with Crippen molar-refractivity contribution in [3.63, 3.8) is 0 Å². The predicted octanol–water partition coefficient (Wildman–Crippen LogP) is 3.04. The molecule has 0 aromatic carbocycles. The average Bonchev–Trinajstić information content (AvgIpc) is 3.00. The van der Waals surface area contributed by atoms with Crippen LogP contribution in [0.3, 0.4) is 0 Å². The Morgan fingerprint density at radius 3 is 2.43 bits per heavy atom. The fraction of sp³-hybridized carbons (Fsp3) is 0.700. The Morgan fingerprint density at radius 1 is 1.25 bits per heavy atom. The van der Waals surface area contributed by atoms with Crippen LogP contribution in [-0.4, -0.2) is 77.4 Å². The van der Waals surface area contributed by atoms with Crippen LogP contribution in [0.5, 0.6) is 0 Å². The first-order chi connectivity index (χ1) is 12.8. The number of hydrogen-bond acceptors (Lipinski definition) is 6. The van der Waals surface area contributed by atoms with Crippen LogP contribution in [0, 0.1) is 0 Å². The van der Waals surface area contributed by atoms with E-state index in [1.807, 2.05) is 32.6 Å². The third kappa shape index (κ3) is 6.18. The molecular weight excluding hydrogens is 378 g/mol. The van der Waals surface area contributed by atoms with Gasteiger partial charge in [-0.1, -0.05) is 0 Å². The minimum Gasteiger partial charge on any atom is -0.443 e. The first-order valence-corrected chi connectivity index (χ1v) is 10.4. The van der Waals surface area contributed by atoms with Crippen LogP contribution in [0.4, 0.5) is 9.80 Å². The minimum absolute atomic E-state index is 0.0238. The van der Waals surface area contributed by atoms with Crippen LogP contribution in [0.2, 0.25) is 0 Å². The number of piperazine rings is 1. The van der Waals surface area contributed by atoms with Crippen molar-refractivity contribution in [2.24, 2.45) is 0 Å². The fourth-order valence-corrected chi connectivity index (χ4v) is 4.12. The van der Waals surface area contributed by atoms with Crippen molar-refractivity contribution in [2.75, 3.05) is 38.1 Å². The standard InChI is InChI=1S/C20H33N3O4S/c1-14-12-22(13-20(5,6)26)10-11-23(14)17(24)15-8-9-16(28-15)21(7)18(25)27-19(2,3)4/h8-9,14,26H,10-13H2,1-7H3. The highest BCUT2D eigenvalue weighted by Crippen LogP contribution is 2.28. The predicted molar refractivity (Wildman–Crippen MR) is 112 cm³/mol. The van der Waals surface area contributed by atoms with Gasteiger partial charge in [-0.2, -0.15) is 0 Å². The number of rotatable bonds is 4. The summed E-state index contributed by atoms with van der Waals surface area (Å²) in [6, 6.07) is 3.59. The van der Waals surface area contributed by atoms with Crippen LogP contribution in [-0.2, 0) is 4.74 Å². The molecule has 1 aliphatic heterocycles. The Bertz CT molecular complexity index is 705. The first-order valence-electron chi connectivity index (χ1n) is 9.59. The zero-order chi connectivity index (χ0) is 21.3. The summed E-state index contributed by atoms with van der Waals surface area (Å²) in [5.74, 6) is -0.0238. The summed E-state index contributed by atoms with van der Waals surface area (Å²) in [5.41, 5.74) is -1.32. The highest BCUT2D eigenvalue weighted by molar-refractivity contribution is 7.18. The highest BCUT2D eigenvalue weighted by Gasteiger charge is 2.31. The Morgan fingerprint density at radius 2 is 1.89 bits per heavy atom. The van der Waals surface area contributed by atoms with Crippen molar-refractivity contribution in [3.05, 3.63) is 17.0 Å². The maximum atomic E-state index is 13.0. The van der Waals surface area contributed by atoms with Crippen molar-refractivity contribution >= 4 is 28.3 Å². The molecule has 1 unspecified atom stereocenters. The van der Waals surface area contributed by atoms with Gasteiger partial charge in [-0.25, -0.2) is 4.79 Å². The Kier molecular flexibility index (Phi) is 6.78. The van der Waals surface area contributed by atoms with Crippen LogP contribution in [0.25, 0.3) is 0 Å². The third-order valence-electron chi connectivity index (χ3n) is 4.38. The van der Waals surface area contributed by atoms with Crippen LogP contribution >= 0.6 is 11.3 Å². The van der Waals surface area contributed by atoms with Gasteiger partial charge in [-0.05, 0) is 53.7 Å². The molecule has 1 fully saturated rings. The summed E-state index contributed by atoms with van der Waals surface area (Å²) < 4.78 is 5.38. The summed E-state index contributed by atoms with van der Waals surface area (Å²) in [6.45, 7) is 13.7. The number of carbonyl (C=O) groups is 2.